The van der Waals surface area contributed by atoms with Crippen LogP contribution in [0.15, 0.2) is 170 Å². The Hall–Kier alpha value is -5.72. The van der Waals surface area contributed by atoms with Gasteiger partial charge in [-0.3, -0.25) is 0 Å². The fraction of sp³-hybridized carbons (Fsp3) is 0. The normalized spacial score (nSPS) is 11.6. The fourth-order valence-corrected chi connectivity index (χ4v) is 7.21. The molecular weight excluding hydrogens is 528 g/mol. The third-order valence-corrected chi connectivity index (χ3v) is 9.22. The van der Waals surface area contributed by atoms with Crippen molar-refractivity contribution in [2.45, 2.75) is 0 Å². The highest BCUT2D eigenvalue weighted by atomic mass is 14.2. The summed E-state index contributed by atoms with van der Waals surface area (Å²) in [4.78, 5) is 0. The minimum absolute atomic E-state index is 1.23. The molecule has 0 aromatic heterocycles. The van der Waals surface area contributed by atoms with E-state index in [1.807, 2.05) is 0 Å². The van der Waals surface area contributed by atoms with Crippen molar-refractivity contribution in [3.8, 4) is 33.4 Å². The van der Waals surface area contributed by atoms with Crippen LogP contribution in [-0.4, -0.2) is 0 Å². The maximum Gasteiger partial charge on any atom is -0.00199 e. The van der Waals surface area contributed by atoms with Crippen molar-refractivity contribution in [2.24, 2.45) is 0 Å². The van der Waals surface area contributed by atoms with Gasteiger partial charge in [-0.1, -0.05) is 158 Å². The van der Waals surface area contributed by atoms with Crippen LogP contribution in [0.25, 0.3) is 87.2 Å². The maximum atomic E-state index is 2.44. The van der Waals surface area contributed by atoms with Gasteiger partial charge in [-0.05, 0) is 99.4 Å². The van der Waals surface area contributed by atoms with Gasteiger partial charge in [0.1, 0.15) is 0 Å². The van der Waals surface area contributed by atoms with Crippen LogP contribution in [0, 0.1) is 0 Å². The second kappa shape index (κ2) is 9.93. The van der Waals surface area contributed by atoms with Gasteiger partial charge in [0.15, 0.2) is 0 Å². The highest BCUT2D eigenvalue weighted by Gasteiger charge is 2.19. The molecule has 44 heavy (non-hydrogen) atoms. The first-order valence-electron chi connectivity index (χ1n) is 15.3. The molecule has 0 nitrogen and oxygen atoms in total. The molecule has 0 saturated heterocycles. The van der Waals surface area contributed by atoms with Gasteiger partial charge >= 0.3 is 0 Å². The van der Waals surface area contributed by atoms with Gasteiger partial charge in [0.2, 0.25) is 0 Å². The van der Waals surface area contributed by atoms with Crippen molar-refractivity contribution in [3.05, 3.63) is 170 Å². The monoisotopic (exact) mass is 556 g/mol. The molecule has 0 heteroatoms. The van der Waals surface area contributed by atoms with E-state index in [1.54, 1.807) is 0 Å². The number of benzene rings is 9. The molecule has 0 radical (unpaired) electrons. The van der Waals surface area contributed by atoms with Crippen molar-refractivity contribution in [3.63, 3.8) is 0 Å². The number of hydrogen-bond acceptors (Lipinski definition) is 0. The van der Waals surface area contributed by atoms with Crippen molar-refractivity contribution < 1.29 is 0 Å². The number of rotatable bonds is 3. The average molecular weight is 557 g/mol. The van der Waals surface area contributed by atoms with Gasteiger partial charge in [0, 0.05) is 0 Å². The molecule has 9 rings (SSSR count). The predicted octanol–water partition coefficient (Wildman–Crippen LogP) is 12.5. The summed E-state index contributed by atoms with van der Waals surface area (Å²) < 4.78 is 0. The van der Waals surface area contributed by atoms with Gasteiger partial charge in [0.25, 0.3) is 0 Å². The van der Waals surface area contributed by atoms with Gasteiger partial charge in [-0.2, -0.15) is 0 Å². The second-order valence-corrected chi connectivity index (χ2v) is 11.7. The number of fused-ring (bicyclic) bond motifs is 5. The van der Waals surface area contributed by atoms with Gasteiger partial charge < -0.3 is 0 Å². The first kappa shape index (κ1) is 24.8. The van der Waals surface area contributed by atoms with Gasteiger partial charge in [-0.15, -0.1) is 0 Å². The van der Waals surface area contributed by atoms with Crippen molar-refractivity contribution in [2.75, 3.05) is 0 Å². The Kier molecular flexibility index (Phi) is 5.61. The number of hydrogen-bond donors (Lipinski definition) is 0. The van der Waals surface area contributed by atoms with E-state index < -0.39 is 0 Å². The summed E-state index contributed by atoms with van der Waals surface area (Å²) in [5.41, 5.74) is 7.58. The van der Waals surface area contributed by atoms with Crippen LogP contribution in [0.2, 0.25) is 0 Å². The molecule has 0 unspecified atom stereocenters. The zero-order chi connectivity index (χ0) is 29.0. The molecule has 9 aromatic rings. The first-order valence-corrected chi connectivity index (χ1v) is 15.3. The lowest BCUT2D eigenvalue weighted by Gasteiger charge is -2.20. The van der Waals surface area contributed by atoms with Crippen molar-refractivity contribution in [1.29, 1.82) is 0 Å². The Morgan fingerprint density at radius 2 is 0.727 bits per heavy atom. The van der Waals surface area contributed by atoms with Crippen molar-refractivity contribution in [1.82, 2.24) is 0 Å². The molecule has 0 spiro atoms. The lowest BCUT2D eigenvalue weighted by atomic mass is 9.83. The lowest BCUT2D eigenvalue weighted by Crippen LogP contribution is -1.93. The topological polar surface area (TPSA) is 0 Å². The van der Waals surface area contributed by atoms with Crippen LogP contribution in [0.1, 0.15) is 0 Å². The Labute approximate surface area is 256 Å². The molecule has 0 N–H and O–H groups in total. The summed E-state index contributed by atoms with van der Waals surface area (Å²) in [6, 6.07) is 62.4. The predicted molar refractivity (Wildman–Crippen MR) is 190 cm³/mol. The standard InChI is InChI=1S/C44H28/c1-2-14-32-27-34(24-23-29(32)11-1)43-39-19-7-8-20-40(39)44(38-22-10-16-31-13-4-6-18-36(31)38)42-28-33(25-26-41(42)43)37-21-9-15-30-12-3-5-17-35(30)37/h1-28H. The van der Waals surface area contributed by atoms with E-state index in [0.29, 0.717) is 0 Å². The van der Waals surface area contributed by atoms with E-state index in [4.69, 9.17) is 0 Å². The average Bonchev–Trinajstić information content (AvgIpc) is 3.10. The minimum Gasteiger partial charge on any atom is -0.0616 e. The van der Waals surface area contributed by atoms with Crippen LogP contribution >= 0.6 is 0 Å². The maximum absolute atomic E-state index is 2.44. The van der Waals surface area contributed by atoms with Gasteiger partial charge in [-0.25, -0.2) is 0 Å². The van der Waals surface area contributed by atoms with Crippen molar-refractivity contribution >= 4 is 53.9 Å². The molecule has 0 bridgehead atoms. The molecule has 0 atom stereocenters. The summed E-state index contributed by atoms with van der Waals surface area (Å²) in [6.45, 7) is 0. The van der Waals surface area contributed by atoms with E-state index in [9.17, 15) is 0 Å². The Balaban J connectivity index is 1.45. The third-order valence-electron chi connectivity index (χ3n) is 9.22. The third kappa shape index (κ3) is 3.85. The summed E-state index contributed by atoms with van der Waals surface area (Å²) in [7, 11) is 0. The van der Waals surface area contributed by atoms with E-state index >= 15 is 0 Å². The van der Waals surface area contributed by atoms with E-state index in [2.05, 4.69) is 170 Å². The largest absolute Gasteiger partial charge is 0.0616 e. The molecule has 0 heterocycles. The Morgan fingerprint density at radius 1 is 0.227 bits per heavy atom. The van der Waals surface area contributed by atoms with Crippen LogP contribution in [-0.2, 0) is 0 Å². The molecule has 0 fully saturated rings. The zero-order valence-corrected chi connectivity index (χ0v) is 24.2. The highest BCUT2D eigenvalue weighted by molar-refractivity contribution is 6.24. The minimum atomic E-state index is 1.23. The summed E-state index contributed by atoms with van der Waals surface area (Å²) >= 11 is 0. The SMILES string of the molecule is c1ccc2cc(-c3c4ccccc4c(-c4cccc5ccccc45)c4cc(-c5cccc6ccccc56)ccc34)ccc2c1. The van der Waals surface area contributed by atoms with Crippen LogP contribution in [0.4, 0.5) is 0 Å². The fourth-order valence-electron chi connectivity index (χ4n) is 7.21. The highest BCUT2D eigenvalue weighted by Crippen LogP contribution is 2.47. The zero-order valence-electron chi connectivity index (χ0n) is 24.2. The molecule has 204 valence electrons. The summed E-state index contributed by atoms with van der Waals surface area (Å²) in [5, 5.41) is 12.7. The molecule has 0 aliphatic carbocycles. The smallest absolute Gasteiger partial charge is 0.00199 e. The lowest BCUT2D eigenvalue weighted by molar-refractivity contribution is 1.66. The van der Waals surface area contributed by atoms with E-state index in [-0.39, 0.29) is 0 Å². The first-order chi connectivity index (χ1) is 21.8. The van der Waals surface area contributed by atoms with E-state index in [0.717, 1.165) is 0 Å². The molecule has 0 saturated carbocycles. The second-order valence-electron chi connectivity index (χ2n) is 11.7. The summed E-state index contributed by atoms with van der Waals surface area (Å²) in [6.07, 6.45) is 0. The quantitative estimate of drug-likeness (QED) is 0.190. The molecule has 0 aliphatic rings. The molecule has 0 aliphatic heterocycles. The van der Waals surface area contributed by atoms with Gasteiger partial charge in [0.05, 0.1) is 0 Å². The Bertz CT molecular complexity index is 2540. The van der Waals surface area contributed by atoms with Crippen LogP contribution < -0.4 is 0 Å². The van der Waals surface area contributed by atoms with Crippen LogP contribution in [0.3, 0.4) is 0 Å². The van der Waals surface area contributed by atoms with Crippen LogP contribution in [0.5, 0.6) is 0 Å². The molecule has 0 amide bonds. The van der Waals surface area contributed by atoms with E-state index in [1.165, 1.54) is 87.2 Å². The summed E-state index contributed by atoms with van der Waals surface area (Å²) in [5.74, 6) is 0. The molecule has 9 aromatic carbocycles. The molecular formula is C44H28. The Morgan fingerprint density at radius 3 is 1.45 bits per heavy atom.